The van der Waals surface area contributed by atoms with Crippen molar-refractivity contribution in [2.75, 3.05) is 6.54 Å². The van der Waals surface area contributed by atoms with Crippen molar-refractivity contribution in [3.63, 3.8) is 0 Å². The minimum absolute atomic E-state index is 0.287. The van der Waals surface area contributed by atoms with E-state index in [1.165, 1.54) is 12.1 Å². The molecule has 0 aliphatic rings. The zero-order chi connectivity index (χ0) is 13.4. The van der Waals surface area contributed by atoms with Crippen molar-refractivity contribution >= 4 is 5.78 Å². The van der Waals surface area contributed by atoms with Gasteiger partial charge in [0.15, 0.2) is 5.82 Å². The lowest BCUT2D eigenvalue weighted by molar-refractivity contribution is 0.628. The third-order valence-electron chi connectivity index (χ3n) is 3.06. The number of imidazole rings is 1. The summed E-state index contributed by atoms with van der Waals surface area (Å²) in [4.78, 5) is 8.75. The minimum Gasteiger partial charge on any atom is -0.330 e. The monoisotopic (exact) mass is 259 g/mol. The maximum Gasteiger partial charge on any atom is 0.251 e. The lowest BCUT2D eigenvalue weighted by atomic mass is 10.2. The number of nitrogens with two attached hydrogens (primary N) is 1. The van der Waals surface area contributed by atoms with Gasteiger partial charge in [-0.15, -0.1) is 0 Å². The number of hydrogen-bond acceptors (Lipinski definition) is 3. The lowest BCUT2D eigenvalue weighted by Gasteiger charge is -1.99. The second-order valence-corrected chi connectivity index (χ2v) is 4.40. The minimum atomic E-state index is -0.287. The Morgan fingerprint density at radius 1 is 1.37 bits per heavy atom. The maximum atomic E-state index is 13.2. The molecule has 0 saturated heterocycles. The first kappa shape index (κ1) is 11.9. The largest absolute Gasteiger partial charge is 0.330 e. The molecule has 0 radical (unpaired) electrons. The van der Waals surface area contributed by atoms with Gasteiger partial charge in [0.05, 0.1) is 11.4 Å². The zero-order valence-electron chi connectivity index (χ0n) is 10.5. The quantitative estimate of drug-likeness (QED) is 0.751. The van der Waals surface area contributed by atoms with E-state index in [9.17, 15) is 4.39 Å². The summed E-state index contributed by atoms with van der Waals surface area (Å²) in [5, 5.41) is 3.13. The first-order valence-corrected chi connectivity index (χ1v) is 6.09. The molecule has 0 atom stereocenters. The highest BCUT2D eigenvalue weighted by Gasteiger charge is 2.13. The molecule has 1 aromatic carbocycles. The predicted molar refractivity (Wildman–Crippen MR) is 70.2 cm³/mol. The summed E-state index contributed by atoms with van der Waals surface area (Å²) in [7, 11) is 0. The molecule has 3 aromatic rings. The molecule has 0 aliphatic carbocycles. The standard InChI is InChI=1S/C13H14FN5/c1-8-11(5-6-15)19-13(16-8)17-12(18-19)9-3-2-4-10(14)7-9/h2-4,7H,5-6,15H2,1H3,(H,16,17,18). The molecule has 3 rings (SSSR count). The number of benzene rings is 1. The Labute approximate surface area is 109 Å². The summed E-state index contributed by atoms with van der Waals surface area (Å²) in [6.07, 6.45) is 0.720. The predicted octanol–water partition coefficient (Wildman–Crippen LogP) is 1.67. The van der Waals surface area contributed by atoms with Crippen molar-refractivity contribution in [2.24, 2.45) is 5.73 Å². The molecule has 98 valence electrons. The Bertz CT molecular complexity index is 728. The van der Waals surface area contributed by atoms with Crippen LogP contribution in [-0.2, 0) is 6.42 Å². The fourth-order valence-electron chi connectivity index (χ4n) is 2.16. The molecule has 0 saturated carbocycles. The molecular formula is C13H14FN5. The Morgan fingerprint density at radius 3 is 2.95 bits per heavy atom. The molecule has 0 fully saturated rings. The fourth-order valence-corrected chi connectivity index (χ4v) is 2.16. The molecule has 19 heavy (non-hydrogen) atoms. The van der Waals surface area contributed by atoms with Gasteiger partial charge in [0.25, 0.3) is 5.78 Å². The average molecular weight is 259 g/mol. The molecule has 2 aromatic heterocycles. The second-order valence-electron chi connectivity index (χ2n) is 4.40. The molecule has 0 spiro atoms. The third-order valence-corrected chi connectivity index (χ3v) is 3.06. The van der Waals surface area contributed by atoms with E-state index in [0.29, 0.717) is 23.7 Å². The van der Waals surface area contributed by atoms with Crippen LogP contribution in [0.2, 0.25) is 0 Å². The molecule has 3 N–H and O–H groups in total. The lowest BCUT2D eigenvalue weighted by Crippen LogP contribution is -2.06. The summed E-state index contributed by atoms with van der Waals surface area (Å²) >= 11 is 0. The van der Waals surface area contributed by atoms with Gasteiger partial charge in [0, 0.05) is 12.0 Å². The van der Waals surface area contributed by atoms with Crippen LogP contribution in [0.1, 0.15) is 11.4 Å². The fraction of sp³-hybridized carbons (Fsp3) is 0.231. The van der Waals surface area contributed by atoms with E-state index >= 15 is 0 Å². The van der Waals surface area contributed by atoms with Gasteiger partial charge >= 0.3 is 0 Å². The summed E-state index contributed by atoms with van der Waals surface area (Å²) in [6, 6.07) is 6.30. The van der Waals surface area contributed by atoms with Crippen LogP contribution in [0.5, 0.6) is 0 Å². The van der Waals surface area contributed by atoms with Crippen LogP contribution in [0.25, 0.3) is 17.2 Å². The van der Waals surface area contributed by atoms with Crippen LogP contribution in [-0.4, -0.2) is 26.1 Å². The van der Waals surface area contributed by atoms with E-state index in [4.69, 9.17) is 5.73 Å². The Kier molecular flexibility index (Phi) is 2.79. The highest BCUT2D eigenvalue weighted by Crippen LogP contribution is 2.19. The van der Waals surface area contributed by atoms with Gasteiger partial charge < -0.3 is 5.73 Å². The number of nitrogens with zero attached hydrogens (tertiary/aromatic N) is 3. The highest BCUT2D eigenvalue weighted by atomic mass is 19.1. The number of aromatic amines is 1. The molecule has 5 nitrogen and oxygen atoms in total. The molecule has 2 heterocycles. The van der Waals surface area contributed by atoms with Crippen molar-refractivity contribution in [3.8, 4) is 11.4 Å². The summed E-state index contributed by atoms with van der Waals surface area (Å²) in [6.45, 7) is 2.47. The van der Waals surface area contributed by atoms with Gasteiger partial charge in [-0.3, -0.25) is 5.10 Å². The van der Waals surface area contributed by atoms with Crippen LogP contribution < -0.4 is 5.73 Å². The normalized spacial score (nSPS) is 11.3. The first-order valence-electron chi connectivity index (χ1n) is 6.09. The maximum absolute atomic E-state index is 13.2. The van der Waals surface area contributed by atoms with Crippen molar-refractivity contribution in [2.45, 2.75) is 13.3 Å². The van der Waals surface area contributed by atoms with E-state index in [0.717, 1.165) is 17.8 Å². The van der Waals surface area contributed by atoms with E-state index in [1.54, 1.807) is 12.1 Å². The number of fused-ring (bicyclic) bond motifs is 1. The van der Waals surface area contributed by atoms with E-state index < -0.39 is 0 Å². The van der Waals surface area contributed by atoms with Crippen LogP contribution in [0, 0.1) is 12.7 Å². The van der Waals surface area contributed by atoms with Crippen molar-refractivity contribution in [1.29, 1.82) is 0 Å². The summed E-state index contributed by atoms with van der Waals surface area (Å²) in [5.74, 6) is 0.894. The Hall–Kier alpha value is -2.21. The van der Waals surface area contributed by atoms with Crippen LogP contribution in [0.4, 0.5) is 4.39 Å². The van der Waals surface area contributed by atoms with E-state index in [1.807, 2.05) is 11.4 Å². The van der Waals surface area contributed by atoms with Gasteiger partial charge in [0.2, 0.25) is 0 Å². The van der Waals surface area contributed by atoms with Gasteiger partial charge in [-0.05, 0) is 25.6 Å². The summed E-state index contributed by atoms with van der Waals surface area (Å²) < 4.78 is 15.0. The molecule has 0 unspecified atom stereocenters. The first-order chi connectivity index (χ1) is 9.19. The van der Waals surface area contributed by atoms with Gasteiger partial charge in [-0.1, -0.05) is 12.1 Å². The van der Waals surface area contributed by atoms with Crippen LogP contribution in [0.15, 0.2) is 24.3 Å². The zero-order valence-corrected chi connectivity index (χ0v) is 10.5. The highest BCUT2D eigenvalue weighted by molar-refractivity contribution is 5.57. The van der Waals surface area contributed by atoms with Crippen LogP contribution in [0.3, 0.4) is 0 Å². The number of rotatable bonds is 3. The number of halogens is 1. The summed E-state index contributed by atoms with van der Waals surface area (Å²) in [5.41, 5.74) is 8.21. The van der Waals surface area contributed by atoms with Crippen molar-refractivity contribution < 1.29 is 4.39 Å². The average Bonchev–Trinajstić information content (AvgIpc) is 2.90. The Morgan fingerprint density at radius 2 is 2.21 bits per heavy atom. The second kappa shape index (κ2) is 4.47. The number of nitrogens with one attached hydrogen (secondary N) is 1. The smallest absolute Gasteiger partial charge is 0.251 e. The number of hydrogen-bond donors (Lipinski definition) is 2. The molecule has 0 aliphatic heterocycles. The number of aryl methyl sites for hydroxylation is 1. The Balaban J connectivity index is 2.12. The third kappa shape index (κ3) is 2.00. The van der Waals surface area contributed by atoms with Crippen molar-refractivity contribution in [3.05, 3.63) is 41.5 Å². The van der Waals surface area contributed by atoms with Gasteiger partial charge in [-0.25, -0.2) is 13.9 Å². The number of aromatic nitrogens is 4. The SMILES string of the molecule is Cc1nc2nc(-c3cccc(F)c3)[nH]n2c1CCN. The number of H-pyrrole nitrogens is 1. The molecular weight excluding hydrogens is 245 g/mol. The van der Waals surface area contributed by atoms with Crippen LogP contribution >= 0.6 is 0 Å². The van der Waals surface area contributed by atoms with Gasteiger partial charge in [-0.2, -0.15) is 4.98 Å². The molecule has 0 bridgehead atoms. The van der Waals surface area contributed by atoms with Crippen molar-refractivity contribution in [1.82, 2.24) is 19.6 Å². The topological polar surface area (TPSA) is 72.0 Å². The van der Waals surface area contributed by atoms with E-state index in [2.05, 4.69) is 15.1 Å². The molecule has 0 amide bonds. The van der Waals surface area contributed by atoms with Gasteiger partial charge in [0.1, 0.15) is 5.82 Å². The van der Waals surface area contributed by atoms with E-state index in [-0.39, 0.29) is 5.82 Å². The molecule has 6 heteroatoms.